The van der Waals surface area contributed by atoms with Gasteiger partial charge in [0.1, 0.15) is 5.69 Å². The molecule has 0 atom stereocenters. The Morgan fingerprint density at radius 3 is 2.70 bits per heavy atom. The molecular formula is C13H15FN2O4. The minimum atomic E-state index is -0.917. The highest BCUT2D eigenvalue weighted by Gasteiger charge is 2.27. The van der Waals surface area contributed by atoms with Crippen LogP contribution in [0.3, 0.4) is 0 Å². The molecule has 1 heterocycles. The average Bonchev–Trinajstić information content (AvgIpc) is 2.43. The summed E-state index contributed by atoms with van der Waals surface area (Å²) >= 11 is 0. The van der Waals surface area contributed by atoms with Crippen molar-refractivity contribution in [3.05, 3.63) is 33.6 Å². The number of aryl methyl sites for hydroxylation is 1. The summed E-state index contributed by atoms with van der Waals surface area (Å²) < 4.78 is 18.9. The van der Waals surface area contributed by atoms with E-state index in [1.54, 1.807) is 0 Å². The van der Waals surface area contributed by atoms with E-state index >= 15 is 0 Å². The summed E-state index contributed by atoms with van der Waals surface area (Å²) in [6, 6.07) is 2.76. The number of nitrogens with one attached hydrogen (secondary N) is 1. The van der Waals surface area contributed by atoms with Crippen LogP contribution in [0, 0.1) is 28.8 Å². The number of halogens is 1. The third-order valence-corrected chi connectivity index (χ3v) is 3.34. The lowest BCUT2D eigenvalue weighted by Crippen LogP contribution is -2.28. The molecule has 0 aliphatic carbocycles. The van der Waals surface area contributed by atoms with Crippen LogP contribution in [0.1, 0.15) is 18.4 Å². The highest BCUT2D eigenvalue weighted by atomic mass is 19.1. The Hall–Kier alpha value is -2.02. The molecule has 1 aromatic carbocycles. The van der Waals surface area contributed by atoms with E-state index in [4.69, 9.17) is 4.74 Å². The quantitative estimate of drug-likeness (QED) is 0.681. The Balaban J connectivity index is 2.22. The summed E-state index contributed by atoms with van der Waals surface area (Å²) in [6.07, 6.45) is 1.13. The lowest BCUT2D eigenvalue weighted by molar-refractivity contribution is -0.386. The van der Waals surface area contributed by atoms with E-state index in [1.165, 1.54) is 19.1 Å². The molecule has 6 nitrogen and oxygen atoms in total. The van der Waals surface area contributed by atoms with Gasteiger partial charge in [-0.1, -0.05) is 6.07 Å². The first kappa shape index (κ1) is 14.4. The maximum absolute atomic E-state index is 13.8. The molecule has 1 aromatic rings. The van der Waals surface area contributed by atoms with E-state index in [0.29, 0.717) is 26.1 Å². The minimum absolute atomic E-state index is 0.102. The van der Waals surface area contributed by atoms with Gasteiger partial charge in [0.15, 0.2) is 0 Å². The standard InChI is InChI=1S/C13H15FN2O4/c1-8-2-3-10(12(11(8)14)16(18)19)15-13(17)9-4-6-20-7-5-9/h2-3,9H,4-7H2,1H3,(H,15,17). The highest BCUT2D eigenvalue weighted by Crippen LogP contribution is 2.30. The van der Waals surface area contributed by atoms with Gasteiger partial charge in [-0.2, -0.15) is 4.39 Å². The first-order valence-electron chi connectivity index (χ1n) is 6.33. The number of carbonyl (C=O) groups excluding carboxylic acids is 1. The number of nitro groups is 1. The summed E-state index contributed by atoms with van der Waals surface area (Å²) in [5.74, 6) is -1.51. The molecule has 0 bridgehead atoms. The molecule has 0 radical (unpaired) electrons. The molecule has 0 aromatic heterocycles. The number of nitrogens with zero attached hydrogens (tertiary/aromatic N) is 1. The van der Waals surface area contributed by atoms with Crippen molar-refractivity contribution in [1.29, 1.82) is 0 Å². The summed E-state index contributed by atoms with van der Waals surface area (Å²) in [7, 11) is 0. The van der Waals surface area contributed by atoms with E-state index < -0.39 is 16.4 Å². The molecule has 0 spiro atoms. The summed E-state index contributed by atoms with van der Waals surface area (Å²) in [6.45, 7) is 2.41. The molecule has 1 N–H and O–H groups in total. The van der Waals surface area contributed by atoms with Crippen molar-refractivity contribution in [2.45, 2.75) is 19.8 Å². The van der Waals surface area contributed by atoms with Gasteiger partial charge in [-0.15, -0.1) is 0 Å². The normalized spacial score (nSPS) is 15.9. The van der Waals surface area contributed by atoms with Crippen LogP contribution in [0.15, 0.2) is 12.1 Å². The molecule has 1 amide bonds. The number of hydrogen-bond donors (Lipinski definition) is 1. The molecule has 0 unspecified atom stereocenters. The number of benzene rings is 1. The predicted octanol–water partition coefficient (Wildman–Crippen LogP) is 2.41. The summed E-state index contributed by atoms with van der Waals surface area (Å²) in [5, 5.41) is 13.4. The van der Waals surface area contributed by atoms with Gasteiger partial charge in [-0.3, -0.25) is 14.9 Å². The number of rotatable bonds is 3. The number of nitro benzene ring substituents is 1. The van der Waals surface area contributed by atoms with Crippen molar-refractivity contribution >= 4 is 17.3 Å². The molecule has 20 heavy (non-hydrogen) atoms. The molecule has 108 valence electrons. The average molecular weight is 282 g/mol. The largest absolute Gasteiger partial charge is 0.381 e. The van der Waals surface area contributed by atoms with Crippen LogP contribution >= 0.6 is 0 Å². The SMILES string of the molecule is Cc1ccc(NC(=O)C2CCOCC2)c([N+](=O)[O-])c1F. The summed E-state index contributed by atoms with van der Waals surface area (Å²) in [5.41, 5.74) is -0.624. The molecular weight excluding hydrogens is 267 g/mol. The maximum Gasteiger partial charge on any atom is 0.328 e. The molecule has 7 heteroatoms. The smallest absolute Gasteiger partial charge is 0.328 e. The van der Waals surface area contributed by atoms with Crippen LogP contribution in [0.4, 0.5) is 15.8 Å². The molecule has 1 aliphatic rings. The van der Waals surface area contributed by atoms with Crippen molar-refractivity contribution in [2.75, 3.05) is 18.5 Å². The number of anilines is 1. The first-order chi connectivity index (χ1) is 9.50. The van der Waals surface area contributed by atoms with Crippen LogP contribution in [0.25, 0.3) is 0 Å². The lowest BCUT2D eigenvalue weighted by atomic mass is 9.99. The van der Waals surface area contributed by atoms with E-state index in [-0.39, 0.29) is 23.1 Å². The Bertz CT molecular complexity index is 541. The fraction of sp³-hybridized carbons (Fsp3) is 0.462. The highest BCUT2D eigenvalue weighted by molar-refractivity contribution is 5.94. The maximum atomic E-state index is 13.8. The van der Waals surface area contributed by atoms with Crippen LogP contribution < -0.4 is 5.32 Å². The van der Waals surface area contributed by atoms with Gasteiger partial charge in [0, 0.05) is 19.1 Å². The van der Waals surface area contributed by atoms with Gasteiger partial charge >= 0.3 is 5.69 Å². The van der Waals surface area contributed by atoms with Crippen molar-refractivity contribution in [1.82, 2.24) is 0 Å². The van der Waals surface area contributed by atoms with Gasteiger partial charge in [-0.05, 0) is 31.4 Å². The van der Waals surface area contributed by atoms with Crippen molar-refractivity contribution in [2.24, 2.45) is 5.92 Å². The van der Waals surface area contributed by atoms with Crippen LogP contribution in [-0.4, -0.2) is 24.0 Å². The Morgan fingerprint density at radius 1 is 1.45 bits per heavy atom. The monoisotopic (exact) mass is 282 g/mol. The second kappa shape index (κ2) is 5.96. The molecule has 1 fully saturated rings. The first-order valence-corrected chi connectivity index (χ1v) is 6.33. The predicted molar refractivity (Wildman–Crippen MR) is 70.0 cm³/mol. The number of amides is 1. The number of hydrogen-bond acceptors (Lipinski definition) is 4. The molecule has 1 aliphatic heterocycles. The van der Waals surface area contributed by atoms with Crippen LogP contribution in [0.5, 0.6) is 0 Å². The number of ether oxygens (including phenoxy) is 1. The van der Waals surface area contributed by atoms with E-state index in [9.17, 15) is 19.3 Å². The van der Waals surface area contributed by atoms with Gasteiger partial charge in [0.2, 0.25) is 11.7 Å². The fourth-order valence-electron chi connectivity index (χ4n) is 2.14. The zero-order valence-corrected chi connectivity index (χ0v) is 11.0. The Kier molecular flexibility index (Phi) is 4.29. The molecule has 2 rings (SSSR count). The summed E-state index contributed by atoms with van der Waals surface area (Å²) in [4.78, 5) is 22.2. The van der Waals surface area contributed by atoms with Gasteiger partial charge in [0.05, 0.1) is 4.92 Å². The van der Waals surface area contributed by atoms with E-state index in [1.807, 2.05) is 0 Å². The fourth-order valence-corrected chi connectivity index (χ4v) is 2.14. The van der Waals surface area contributed by atoms with Crippen molar-refractivity contribution in [3.8, 4) is 0 Å². The van der Waals surface area contributed by atoms with Gasteiger partial charge < -0.3 is 10.1 Å². The topological polar surface area (TPSA) is 81.5 Å². The van der Waals surface area contributed by atoms with E-state index in [0.717, 1.165) is 0 Å². The zero-order chi connectivity index (χ0) is 14.7. The zero-order valence-electron chi connectivity index (χ0n) is 11.0. The van der Waals surface area contributed by atoms with Crippen molar-refractivity contribution in [3.63, 3.8) is 0 Å². The number of carbonyl (C=O) groups is 1. The second-order valence-corrected chi connectivity index (χ2v) is 4.73. The Morgan fingerprint density at radius 2 is 2.10 bits per heavy atom. The van der Waals surface area contributed by atoms with Crippen LogP contribution in [-0.2, 0) is 9.53 Å². The second-order valence-electron chi connectivity index (χ2n) is 4.73. The molecule has 1 saturated heterocycles. The lowest BCUT2D eigenvalue weighted by Gasteiger charge is -2.21. The minimum Gasteiger partial charge on any atom is -0.381 e. The van der Waals surface area contributed by atoms with Gasteiger partial charge in [-0.25, -0.2) is 0 Å². The van der Waals surface area contributed by atoms with Gasteiger partial charge in [0.25, 0.3) is 0 Å². The van der Waals surface area contributed by atoms with Crippen LogP contribution in [0.2, 0.25) is 0 Å². The third-order valence-electron chi connectivity index (χ3n) is 3.34. The van der Waals surface area contributed by atoms with Crippen molar-refractivity contribution < 1.29 is 18.8 Å². The third kappa shape index (κ3) is 2.93. The Labute approximate surface area is 115 Å². The molecule has 0 saturated carbocycles. The van der Waals surface area contributed by atoms with E-state index in [2.05, 4.69) is 5.32 Å².